The summed E-state index contributed by atoms with van der Waals surface area (Å²) in [6, 6.07) is 0. The minimum absolute atomic E-state index is 0.118. The summed E-state index contributed by atoms with van der Waals surface area (Å²) >= 11 is 1.63. The molecule has 0 atom stereocenters. The lowest BCUT2D eigenvalue weighted by molar-refractivity contribution is 0.0361. The SMILES string of the molecule is CCN(CC)Cc1nc2sc(C)c(C)c2c(=O)n1CCN1CCOCC1. The standard InChI is InChI=1S/C19H30N4O2S/c1-5-21(6-2)13-16-20-18-17(14(3)15(4)26-18)19(24)23(16)8-7-22-9-11-25-12-10-22/h5-13H2,1-4H3. The predicted molar refractivity (Wildman–Crippen MR) is 107 cm³/mol. The van der Waals surface area contributed by atoms with E-state index in [-0.39, 0.29) is 5.56 Å². The van der Waals surface area contributed by atoms with E-state index >= 15 is 0 Å². The molecule has 3 heterocycles. The van der Waals surface area contributed by atoms with Crippen molar-refractivity contribution in [2.75, 3.05) is 45.9 Å². The van der Waals surface area contributed by atoms with Crippen LogP contribution in [-0.4, -0.2) is 65.3 Å². The second-order valence-corrected chi connectivity index (χ2v) is 8.07. The van der Waals surface area contributed by atoms with E-state index in [0.717, 1.165) is 74.1 Å². The molecule has 0 aliphatic carbocycles. The first-order valence-electron chi connectivity index (χ1n) is 9.57. The molecule has 3 rings (SSSR count). The van der Waals surface area contributed by atoms with Crippen LogP contribution in [0.5, 0.6) is 0 Å². The van der Waals surface area contributed by atoms with Crippen molar-refractivity contribution in [2.24, 2.45) is 0 Å². The maximum Gasteiger partial charge on any atom is 0.262 e. The van der Waals surface area contributed by atoms with Crippen LogP contribution in [-0.2, 0) is 17.8 Å². The molecule has 0 bridgehead atoms. The molecule has 6 nitrogen and oxygen atoms in total. The molecule has 1 fully saturated rings. The first-order valence-corrected chi connectivity index (χ1v) is 10.4. The molecule has 0 amide bonds. The highest BCUT2D eigenvalue weighted by atomic mass is 32.1. The Bertz CT molecular complexity index is 804. The van der Waals surface area contributed by atoms with Gasteiger partial charge in [0.2, 0.25) is 0 Å². The number of ether oxygens (including phenoxy) is 1. The Labute approximate surface area is 159 Å². The largest absolute Gasteiger partial charge is 0.379 e. The Morgan fingerprint density at radius 3 is 2.50 bits per heavy atom. The molecule has 2 aromatic rings. The fourth-order valence-electron chi connectivity index (χ4n) is 3.43. The van der Waals surface area contributed by atoms with Gasteiger partial charge in [-0.15, -0.1) is 11.3 Å². The summed E-state index contributed by atoms with van der Waals surface area (Å²) in [6.45, 7) is 16.0. The van der Waals surface area contributed by atoms with Crippen molar-refractivity contribution in [3.63, 3.8) is 0 Å². The highest BCUT2D eigenvalue weighted by molar-refractivity contribution is 7.18. The average molecular weight is 379 g/mol. The van der Waals surface area contributed by atoms with Gasteiger partial charge < -0.3 is 4.74 Å². The van der Waals surface area contributed by atoms with Crippen LogP contribution in [0.4, 0.5) is 0 Å². The van der Waals surface area contributed by atoms with Crippen molar-refractivity contribution >= 4 is 21.6 Å². The van der Waals surface area contributed by atoms with Crippen molar-refractivity contribution < 1.29 is 4.74 Å². The van der Waals surface area contributed by atoms with Crippen LogP contribution in [0.2, 0.25) is 0 Å². The minimum Gasteiger partial charge on any atom is -0.379 e. The molecule has 0 radical (unpaired) electrons. The van der Waals surface area contributed by atoms with E-state index in [9.17, 15) is 4.79 Å². The average Bonchev–Trinajstić information content (AvgIpc) is 2.94. The lowest BCUT2D eigenvalue weighted by Crippen LogP contribution is -2.40. The number of aryl methyl sites for hydroxylation is 2. The van der Waals surface area contributed by atoms with Gasteiger partial charge in [0, 0.05) is 31.1 Å². The number of aromatic nitrogens is 2. The molecule has 0 unspecified atom stereocenters. The Balaban J connectivity index is 1.96. The number of morpholine rings is 1. The summed E-state index contributed by atoms with van der Waals surface area (Å²) in [4.78, 5) is 24.9. The molecule has 1 saturated heterocycles. The van der Waals surface area contributed by atoms with E-state index < -0.39 is 0 Å². The third-order valence-electron chi connectivity index (χ3n) is 5.37. The van der Waals surface area contributed by atoms with Crippen LogP contribution in [0, 0.1) is 13.8 Å². The predicted octanol–water partition coefficient (Wildman–Crippen LogP) is 2.25. The number of hydrogen-bond acceptors (Lipinski definition) is 6. The summed E-state index contributed by atoms with van der Waals surface area (Å²) < 4.78 is 7.34. The molecule has 2 aromatic heterocycles. The Kier molecular flexibility index (Phi) is 6.45. The lowest BCUT2D eigenvalue weighted by Gasteiger charge is -2.27. The molecule has 26 heavy (non-hydrogen) atoms. The summed E-state index contributed by atoms with van der Waals surface area (Å²) in [5.41, 5.74) is 1.20. The van der Waals surface area contributed by atoms with E-state index in [1.807, 2.05) is 11.5 Å². The lowest BCUT2D eigenvalue weighted by atomic mass is 10.2. The van der Waals surface area contributed by atoms with E-state index in [1.54, 1.807) is 11.3 Å². The zero-order valence-corrected chi connectivity index (χ0v) is 17.2. The van der Waals surface area contributed by atoms with Gasteiger partial charge in [-0.05, 0) is 32.5 Å². The van der Waals surface area contributed by atoms with Crippen LogP contribution in [0.3, 0.4) is 0 Å². The molecule has 0 saturated carbocycles. The van der Waals surface area contributed by atoms with E-state index in [2.05, 4.69) is 30.6 Å². The molecule has 7 heteroatoms. The number of fused-ring (bicyclic) bond motifs is 1. The second kappa shape index (κ2) is 8.61. The number of hydrogen-bond donors (Lipinski definition) is 0. The van der Waals surface area contributed by atoms with Crippen molar-refractivity contribution in [3.05, 3.63) is 26.6 Å². The van der Waals surface area contributed by atoms with E-state index in [0.29, 0.717) is 6.54 Å². The van der Waals surface area contributed by atoms with Crippen LogP contribution in [0.15, 0.2) is 4.79 Å². The van der Waals surface area contributed by atoms with Gasteiger partial charge in [-0.2, -0.15) is 0 Å². The fourth-order valence-corrected chi connectivity index (χ4v) is 4.47. The third kappa shape index (κ3) is 4.01. The number of thiophene rings is 1. The minimum atomic E-state index is 0.118. The van der Waals surface area contributed by atoms with Gasteiger partial charge in [-0.1, -0.05) is 13.8 Å². The summed E-state index contributed by atoms with van der Waals surface area (Å²) in [7, 11) is 0. The van der Waals surface area contributed by atoms with Crippen LogP contribution in [0.1, 0.15) is 30.1 Å². The molecule has 1 aliphatic heterocycles. The zero-order chi connectivity index (χ0) is 18.7. The molecular formula is C19H30N4O2S. The smallest absolute Gasteiger partial charge is 0.262 e. The topological polar surface area (TPSA) is 50.6 Å². The van der Waals surface area contributed by atoms with Gasteiger partial charge >= 0.3 is 0 Å². The zero-order valence-electron chi connectivity index (χ0n) is 16.4. The first kappa shape index (κ1) is 19.5. The van der Waals surface area contributed by atoms with Gasteiger partial charge in [-0.3, -0.25) is 19.2 Å². The maximum absolute atomic E-state index is 13.3. The summed E-state index contributed by atoms with van der Waals surface area (Å²) in [6.07, 6.45) is 0. The van der Waals surface area contributed by atoms with Crippen LogP contribution >= 0.6 is 11.3 Å². The molecule has 0 N–H and O–H groups in total. The number of rotatable bonds is 7. The Morgan fingerprint density at radius 1 is 1.15 bits per heavy atom. The van der Waals surface area contributed by atoms with Crippen LogP contribution < -0.4 is 5.56 Å². The van der Waals surface area contributed by atoms with Crippen molar-refractivity contribution in [1.29, 1.82) is 0 Å². The quantitative estimate of drug-likeness (QED) is 0.740. The monoisotopic (exact) mass is 378 g/mol. The highest BCUT2D eigenvalue weighted by Crippen LogP contribution is 2.26. The van der Waals surface area contributed by atoms with E-state index in [4.69, 9.17) is 9.72 Å². The molecule has 144 valence electrons. The second-order valence-electron chi connectivity index (χ2n) is 6.86. The normalized spacial score (nSPS) is 16.0. The molecule has 0 aromatic carbocycles. The Hall–Kier alpha value is -1.28. The Morgan fingerprint density at radius 2 is 1.85 bits per heavy atom. The summed E-state index contributed by atoms with van der Waals surface area (Å²) in [5, 5.41) is 0.803. The van der Waals surface area contributed by atoms with Gasteiger partial charge in [-0.25, -0.2) is 4.98 Å². The van der Waals surface area contributed by atoms with Gasteiger partial charge in [0.25, 0.3) is 5.56 Å². The third-order valence-corrected chi connectivity index (χ3v) is 6.47. The highest BCUT2D eigenvalue weighted by Gasteiger charge is 2.19. The number of nitrogens with zero attached hydrogens (tertiary/aromatic N) is 4. The fraction of sp³-hybridized carbons (Fsp3) is 0.684. The maximum atomic E-state index is 13.3. The molecular weight excluding hydrogens is 348 g/mol. The molecule has 0 spiro atoms. The van der Waals surface area contributed by atoms with Crippen LogP contribution in [0.25, 0.3) is 10.2 Å². The molecule has 1 aliphatic rings. The van der Waals surface area contributed by atoms with E-state index in [1.165, 1.54) is 4.88 Å². The first-order chi connectivity index (χ1) is 12.5. The summed E-state index contributed by atoms with van der Waals surface area (Å²) in [5.74, 6) is 0.890. The van der Waals surface area contributed by atoms with Crippen molar-refractivity contribution in [2.45, 2.75) is 40.8 Å². The van der Waals surface area contributed by atoms with Gasteiger partial charge in [0.05, 0.1) is 25.1 Å². The van der Waals surface area contributed by atoms with Crippen molar-refractivity contribution in [3.8, 4) is 0 Å². The van der Waals surface area contributed by atoms with Gasteiger partial charge in [0.15, 0.2) is 0 Å². The van der Waals surface area contributed by atoms with Crippen molar-refractivity contribution in [1.82, 2.24) is 19.4 Å². The van der Waals surface area contributed by atoms with Gasteiger partial charge in [0.1, 0.15) is 10.7 Å².